The number of nitrogens with two attached hydrogens (primary N) is 1. The first-order chi connectivity index (χ1) is 10.3. The van der Waals surface area contributed by atoms with Crippen molar-refractivity contribution >= 4 is 11.6 Å². The third-order valence-corrected chi connectivity index (χ3v) is 3.84. The lowest BCUT2D eigenvalue weighted by atomic mass is 9.99. The Hall–Kier alpha value is -2.16. The average molecular weight is 295 g/mol. The van der Waals surface area contributed by atoms with Gasteiger partial charge in [0.2, 0.25) is 0 Å². The van der Waals surface area contributed by atoms with Crippen LogP contribution in [0.15, 0.2) is 66.9 Å². The molecule has 0 saturated carbocycles. The lowest BCUT2D eigenvalue weighted by Crippen LogP contribution is -1.98. The zero-order valence-electron chi connectivity index (χ0n) is 11.5. The van der Waals surface area contributed by atoms with Gasteiger partial charge < -0.3 is 5.73 Å². The molecule has 0 aliphatic heterocycles. The van der Waals surface area contributed by atoms with Crippen molar-refractivity contribution in [2.45, 2.75) is 6.54 Å². The van der Waals surface area contributed by atoms with Gasteiger partial charge in [0.15, 0.2) is 0 Å². The Morgan fingerprint density at radius 2 is 1.52 bits per heavy atom. The molecule has 0 bridgehead atoms. The zero-order chi connectivity index (χ0) is 14.7. The Morgan fingerprint density at radius 3 is 2.14 bits per heavy atom. The first-order valence-electron chi connectivity index (χ1n) is 6.79. The van der Waals surface area contributed by atoms with Crippen LogP contribution in [0, 0.1) is 0 Å². The molecule has 0 aliphatic carbocycles. The van der Waals surface area contributed by atoms with Gasteiger partial charge in [-0.3, -0.25) is 4.98 Å². The monoisotopic (exact) mass is 294 g/mol. The van der Waals surface area contributed by atoms with Gasteiger partial charge in [0.1, 0.15) is 0 Å². The number of pyridine rings is 1. The number of nitrogens with zero attached hydrogens (tertiary/aromatic N) is 1. The molecule has 2 nitrogen and oxygen atoms in total. The van der Waals surface area contributed by atoms with Gasteiger partial charge in [-0.05, 0) is 11.6 Å². The van der Waals surface area contributed by atoms with E-state index in [1.54, 1.807) is 0 Å². The maximum atomic E-state index is 6.60. The van der Waals surface area contributed by atoms with Crippen LogP contribution in [-0.2, 0) is 6.54 Å². The second-order valence-corrected chi connectivity index (χ2v) is 5.15. The van der Waals surface area contributed by atoms with Crippen LogP contribution in [0.5, 0.6) is 0 Å². The highest BCUT2D eigenvalue weighted by Crippen LogP contribution is 2.35. The lowest BCUT2D eigenvalue weighted by Gasteiger charge is -2.10. The summed E-state index contributed by atoms with van der Waals surface area (Å²) >= 11 is 6.60. The normalized spacial score (nSPS) is 10.6. The van der Waals surface area contributed by atoms with Crippen LogP contribution >= 0.6 is 11.6 Å². The third-order valence-electron chi connectivity index (χ3n) is 3.43. The van der Waals surface area contributed by atoms with E-state index in [0.29, 0.717) is 6.54 Å². The van der Waals surface area contributed by atoms with Crippen molar-refractivity contribution < 1.29 is 0 Å². The SMILES string of the molecule is NCc1ccc(-c2cccc(-c3ccccc3)c2Cl)cn1. The van der Waals surface area contributed by atoms with E-state index in [2.05, 4.69) is 17.1 Å². The van der Waals surface area contributed by atoms with E-state index in [0.717, 1.165) is 33.0 Å². The highest BCUT2D eigenvalue weighted by Gasteiger charge is 2.09. The molecule has 0 radical (unpaired) electrons. The summed E-state index contributed by atoms with van der Waals surface area (Å²) < 4.78 is 0. The molecule has 3 heteroatoms. The van der Waals surface area contributed by atoms with Gasteiger partial charge in [-0.1, -0.05) is 66.2 Å². The Labute approximate surface area is 129 Å². The van der Waals surface area contributed by atoms with Crippen molar-refractivity contribution in [3.05, 3.63) is 77.6 Å². The molecular weight excluding hydrogens is 280 g/mol. The summed E-state index contributed by atoms with van der Waals surface area (Å²) in [6, 6.07) is 20.1. The number of aromatic nitrogens is 1. The van der Waals surface area contributed by atoms with Crippen molar-refractivity contribution in [1.82, 2.24) is 4.98 Å². The predicted molar refractivity (Wildman–Crippen MR) is 88.0 cm³/mol. The fourth-order valence-corrected chi connectivity index (χ4v) is 2.64. The van der Waals surface area contributed by atoms with Crippen molar-refractivity contribution in [2.75, 3.05) is 0 Å². The van der Waals surface area contributed by atoms with Crippen LogP contribution in [0.1, 0.15) is 5.69 Å². The maximum absolute atomic E-state index is 6.60. The molecule has 0 aliphatic rings. The van der Waals surface area contributed by atoms with Gasteiger partial charge in [0, 0.05) is 29.4 Å². The number of rotatable bonds is 3. The molecule has 0 atom stereocenters. The minimum Gasteiger partial charge on any atom is -0.325 e. The Balaban J connectivity index is 2.08. The molecule has 0 fully saturated rings. The molecule has 1 aromatic heterocycles. The van der Waals surface area contributed by atoms with E-state index in [4.69, 9.17) is 17.3 Å². The minimum absolute atomic E-state index is 0.443. The summed E-state index contributed by atoms with van der Waals surface area (Å²) in [6.07, 6.45) is 1.82. The summed E-state index contributed by atoms with van der Waals surface area (Å²) in [5, 5.41) is 0.742. The number of halogens is 1. The fourth-order valence-electron chi connectivity index (χ4n) is 2.30. The van der Waals surface area contributed by atoms with Gasteiger partial charge in [-0.2, -0.15) is 0 Å². The standard InChI is InChI=1S/C18H15ClN2/c19-18-16(13-5-2-1-3-6-13)7-4-8-17(18)14-9-10-15(11-20)21-12-14/h1-10,12H,11,20H2. The average Bonchev–Trinajstić information content (AvgIpc) is 2.56. The van der Waals surface area contributed by atoms with E-state index >= 15 is 0 Å². The van der Waals surface area contributed by atoms with E-state index in [9.17, 15) is 0 Å². The second kappa shape index (κ2) is 6.08. The molecule has 0 unspecified atom stereocenters. The number of benzene rings is 2. The summed E-state index contributed by atoms with van der Waals surface area (Å²) in [5.41, 5.74) is 10.6. The van der Waals surface area contributed by atoms with E-state index in [1.165, 1.54) is 0 Å². The smallest absolute Gasteiger partial charge is 0.0563 e. The van der Waals surface area contributed by atoms with Crippen molar-refractivity contribution in [1.29, 1.82) is 0 Å². The summed E-state index contributed by atoms with van der Waals surface area (Å²) in [6.45, 7) is 0.443. The fraction of sp³-hybridized carbons (Fsp3) is 0.0556. The molecule has 21 heavy (non-hydrogen) atoms. The number of hydrogen-bond acceptors (Lipinski definition) is 2. The molecule has 104 valence electrons. The van der Waals surface area contributed by atoms with Crippen LogP contribution in [0.25, 0.3) is 22.3 Å². The van der Waals surface area contributed by atoms with Gasteiger partial charge in [0.25, 0.3) is 0 Å². The molecule has 0 saturated heterocycles. The summed E-state index contributed by atoms with van der Waals surface area (Å²) in [7, 11) is 0. The molecule has 2 aromatic carbocycles. The van der Waals surface area contributed by atoms with Gasteiger partial charge in [-0.25, -0.2) is 0 Å². The van der Waals surface area contributed by atoms with Crippen LogP contribution in [0.4, 0.5) is 0 Å². The van der Waals surface area contributed by atoms with Crippen LogP contribution < -0.4 is 5.73 Å². The number of hydrogen-bond donors (Lipinski definition) is 1. The molecule has 1 heterocycles. The third kappa shape index (κ3) is 2.82. The van der Waals surface area contributed by atoms with Gasteiger partial charge in [0.05, 0.1) is 10.7 Å². The van der Waals surface area contributed by atoms with E-state index in [1.807, 2.05) is 54.7 Å². The Bertz CT molecular complexity index is 737. The van der Waals surface area contributed by atoms with Gasteiger partial charge >= 0.3 is 0 Å². The molecule has 3 rings (SSSR count). The van der Waals surface area contributed by atoms with Crippen molar-refractivity contribution in [3.63, 3.8) is 0 Å². The Morgan fingerprint density at radius 1 is 0.810 bits per heavy atom. The van der Waals surface area contributed by atoms with E-state index in [-0.39, 0.29) is 0 Å². The van der Waals surface area contributed by atoms with Crippen molar-refractivity contribution in [3.8, 4) is 22.3 Å². The topological polar surface area (TPSA) is 38.9 Å². The lowest BCUT2D eigenvalue weighted by molar-refractivity contribution is 0.991. The summed E-state index contributed by atoms with van der Waals surface area (Å²) in [4.78, 5) is 4.33. The van der Waals surface area contributed by atoms with Crippen LogP contribution in [0.2, 0.25) is 5.02 Å². The highest BCUT2D eigenvalue weighted by atomic mass is 35.5. The predicted octanol–water partition coefficient (Wildman–Crippen LogP) is 4.53. The van der Waals surface area contributed by atoms with Crippen LogP contribution in [-0.4, -0.2) is 4.98 Å². The van der Waals surface area contributed by atoms with Gasteiger partial charge in [-0.15, -0.1) is 0 Å². The quantitative estimate of drug-likeness (QED) is 0.771. The highest BCUT2D eigenvalue weighted by molar-refractivity contribution is 6.36. The summed E-state index contributed by atoms with van der Waals surface area (Å²) in [5.74, 6) is 0. The minimum atomic E-state index is 0.443. The first-order valence-corrected chi connectivity index (χ1v) is 7.16. The largest absolute Gasteiger partial charge is 0.325 e. The van der Waals surface area contributed by atoms with Crippen molar-refractivity contribution in [2.24, 2.45) is 5.73 Å². The second-order valence-electron chi connectivity index (χ2n) is 4.78. The molecule has 0 spiro atoms. The van der Waals surface area contributed by atoms with Crippen LogP contribution in [0.3, 0.4) is 0 Å². The Kier molecular flexibility index (Phi) is 4.00. The zero-order valence-corrected chi connectivity index (χ0v) is 12.2. The molecular formula is C18H15ClN2. The van der Waals surface area contributed by atoms with E-state index < -0.39 is 0 Å². The molecule has 2 N–H and O–H groups in total. The maximum Gasteiger partial charge on any atom is 0.0563 e. The molecule has 0 amide bonds. The first kappa shape index (κ1) is 13.8. The molecule has 3 aromatic rings.